The lowest BCUT2D eigenvalue weighted by Gasteiger charge is -2.26. The fourth-order valence-corrected chi connectivity index (χ4v) is 2.05. The maximum Gasteiger partial charge on any atom is 0.230 e. The van der Waals surface area contributed by atoms with E-state index in [4.69, 9.17) is 4.74 Å². The van der Waals surface area contributed by atoms with Gasteiger partial charge in [-0.25, -0.2) is 4.98 Å². The molecule has 0 aliphatic carbocycles. The maximum absolute atomic E-state index is 12.1. The number of carbonyl (C=O) groups is 1. The molecule has 2 aromatic rings. The van der Waals surface area contributed by atoms with Gasteiger partial charge in [0.25, 0.3) is 0 Å². The molecule has 2 heterocycles. The Labute approximate surface area is 110 Å². The van der Waals surface area contributed by atoms with Crippen LogP contribution in [0.3, 0.4) is 0 Å². The Balaban J connectivity index is 1.75. The molecule has 0 spiro atoms. The van der Waals surface area contributed by atoms with Crippen LogP contribution in [-0.4, -0.2) is 52.3 Å². The second-order valence-corrected chi connectivity index (χ2v) is 4.39. The lowest BCUT2D eigenvalue weighted by atomic mass is 10.3. The molecule has 0 saturated carbocycles. The third-order valence-electron chi connectivity index (χ3n) is 3.08. The summed E-state index contributed by atoms with van der Waals surface area (Å²) in [6, 6.07) is 7.50. The third kappa shape index (κ3) is 2.68. The largest absolute Gasteiger partial charge is 0.378 e. The second kappa shape index (κ2) is 5.27. The van der Waals surface area contributed by atoms with E-state index >= 15 is 0 Å². The highest BCUT2D eigenvalue weighted by Crippen LogP contribution is 2.08. The number of carbonyl (C=O) groups excluding carboxylic acids is 1. The number of nitrogens with zero attached hydrogens (tertiary/aromatic N) is 4. The molecule has 0 N–H and O–H groups in total. The lowest BCUT2D eigenvalue weighted by Crippen LogP contribution is -2.41. The Morgan fingerprint density at radius 2 is 1.89 bits per heavy atom. The minimum Gasteiger partial charge on any atom is -0.378 e. The first-order chi connectivity index (χ1) is 9.33. The second-order valence-electron chi connectivity index (χ2n) is 4.39. The van der Waals surface area contributed by atoms with Crippen molar-refractivity contribution in [3.05, 3.63) is 30.1 Å². The number of para-hydroxylation sites is 1. The van der Waals surface area contributed by atoms with E-state index in [-0.39, 0.29) is 12.3 Å². The highest BCUT2D eigenvalue weighted by Gasteiger charge is 2.18. The smallest absolute Gasteiger partial charge is 0.230 e. The van der Waals surface area contributed by atoms with Gasteiger partial charge in [0.2, 0.25) is 5.91 Å². The predicted molar refractivity (Wildman–Crippen MR) is 68.4 cm³/mol. The Hall–Kier alpha value is -2.08. The van der Waals surface area contributed by atoms with E-state index in [2.05, 4.69) is 15.2 Å². The van der Waals surface area contributed by atoms with Crippen molar-refractivity contribution in [1.29, 1.82) is 0 Å². The molecule has 0 unspecified atom stereocenters. The quantitative estimate of drug-likeness (QED) is 0.781. The van der Waals surface area contributed by atoms with Crippen molar-refractivity contribution in [1.82, 2.24) is 20.1 Å². The van der Waals surface area contributed by atoms with Crippen molar-refractivity contribution < 1.29 is 9.53 Å². The van der Waals surface area contributed by atoms with Crippen molar-refractivity contribution in [2.24, 2.45) is 0 Å². The number of morpholine rings is 1. The van der Waals surface area contributed by atoms with Gasteiger partial charge in [0, 0.05) is 13.1 Å². The van der Waals surface area contributed by atoms with Crippen molar-refractivity contribution in [2.75, 3.05) is 26.3 Å². The van der Waals surface area contributed by atoms with Crippen LogP contribution in [0.25, 0.3) is 11.0 Å². The van der Waals surface area contributed by atoms with Gasteiger partial charge >= 0.3 is 0 Å². The van der Waals surface area contributed by atoms with E-state index < -0.39 is 0 Å². The standard InChI is InChI=1S/C13H14N4O2/c18-13(17-5-7-19-8-6-17)9-12-14-10-3-1-2-4-11(10)15-16-12/h1-4H,5-9H2. The lowest BCUT2D eigenvalue weighted by molar-refractivity contribution is -0.134. The summed E-state index contributed by atoms with van der Waals surface area (Å²) in [7, 11) is 0. The number of fused-ring (bicyclic) bond motifs is 1. The molecule has 1 aliphatic rings. The SMILES string of the molecule is O=C(Cc1nnc2ccccc2n1)N1CCOCC1. The Morgan fingerprint density at radius 3 is 2.68 bits per heavy atom. The van der Waals surface area contributed by atoms with Gasteiger partial charge in [-0.1, -0.05) is 12.1 Å². The molecule has 0 radical (unpaired) electrons. The number of benzene rings is 1. The van der Waals surface area contributed by atoms with Gasteiger partial charge in [-0.15, -0.1) is 10.2 Å². The Bertz CT molecular complexity index is 596. The summed E-state index contributed by atoms with van der Waals surface area (Å²) in [4.78, 5) is 18.2. The van der Waals surface area contributed by atoms with Gasteiger partial charge in [-0.3, -0.25) is 4.79 Å². The van der Waals surface area contributed by atoms with E-state index in [0.717, 1.165) is 11.0 Å². The van der Waals surface area contributed by atoms with Gasteiger partial charge in [0.05, 0.1) is 25.2 Å². The molecule has 0 bridgehead atoms. The molecule has 3 rings (SSSR count). The van der Waals surface area contributed by atoms with Gasteiger partial charge < -0.3 is 9.64 Å². The summed E-state index contributed by atoms with van der Waals surface area (Å²) in [5, 5.41) is 8.07. The van der Waals surface area contributed by atoms with Crippen LogP contribution in [0.1, 0.15) is 5.82 Å². The van der Waals surface area contributed by atoms with E-state index in [0.29, 0.717) is 32.1 Å². The van der Waals surface area contributed by atoms with E-state index in [1.807, 2.05) is 24.3 Å². The zero-order valence-electron chi connectivity index (χ0n) is 10.5. The molecule has 6 heteroatoms. The molecule has 1 saturated heterocycles. The van der Waals surface area contributed by atoms with Crippen LogP contribution >= 0.6 is 0 Å². The predicted octanol–water partition coefficient (Wildman–Crippen LogP) is 0.426. The van der Waals surface area contributed by atoms with Gasteiger partial charge in [0.1, 0.15) is 5.52 Å². The molecule has 6 nitrogen and oxygen atoms in total. The zero-order chi connectivity index (χ0) is 13.1. The van der Waals surface area contributed by atoms with Crippen LogP contribution < -0.4 is 0 Å². The van der Waals surface area contributed by atoms with Crippen LogP contribution in [0.4, 0.5) is 0 Å². The van der Waals surface area contributed by atoms with Crippen LogP contribution in [0, 0.1) is 0 Å². The van der Waals surface area contributed by atoms with Crippen LogP contribution in [-0.2, 0) is 16.0 Å². The fraction of sp³-hybridized carbons (Fsp3) is 0.385. The molecule has 1 aliphatic heterocycles. The molecular weight excluding hydrogens is 244 g/mol. The van der Waals surface area contributed by atoms with Crippen molar-refractivity contribution in [3.63, 3.8) is 0 Å². The molecule has 19 heavy (non-hydrogen) atoms. The summed E-state index contributed by atoms with van der Waals surface area (Å²) < 4.78 is 5.22. The van der Waals surface area contributed by atoms with Crippen molar-refractivity contribution in [3.8, 4) is 0 Å². The van der Waals surface area contributed by atoms with Crippen LogP contribution in [0.15, 0.2) is 24.3 Å². The molecule has 98 valence electrons. The van der Waals surface area contributed by atoms with Crippen LogP contribution in [0.2, 0.25) is 0 Å². The van der Waals surface area contributed by atoms with Crippen LogP contribution in [0.5, 0.6) is 0 Å². The van der Waals surface area contributed by atoms with E-state index in [9.17, 15) is 4.79 Å². The van der Waals surface area contributed by atoms with Crippen molar-refractivity contribution in [2.45, 2.75) is 6.42 Å². The number of hydrogen-bond donors (Lipinski definition) is 0. The summed E-state index contributed by atoms with van der Waals surface area (Å²) in [6.45, 7) is 2.48. The number of amides is 1. The normalized spacial score (nSPS) is 15.7. The molecule has 1 fully saturated rings. The minimum atomic E-state index is 0.0281. The molecule has 1 aromatic heterocycles. The monoisotopic (exact) mass is 258 g/mol. The Morgan fingerprint density at radius 1 is 1.16 bits per heavy atom. The minimum absolute atomic E-state index is 0.0281. The van der Waals surface area contributed by atoms with E-state index in [1.54, 1.807) is 4.90 Å². The van der Waals surface area contributed by atoms with Gasteiger partial charge in [-0.05, 0) is 12.1 Å². The number of hydrogen-bond acceptors (Lipinski definition) is 5. The summed E-state index contributed by atoms with van der Waals surface area (Å²) in [5.41, 5.74) is 1.51. The number of ether oxygens (including phenoxy) is 1. The van der Waals surface area contributed by atoms with Crippen molar-refractivity contribution >= 4 is 16.9 Å². The summed E-state index contributed by atoms with van der Waals surface area (Å²) in [5.74, 6) is 0.496. The average molecular weight is 258 g/mol. The first-order valence-corrected chi connectivity index (χ1v) is 6.27. The summed E-state index contributed by atoms with van der Waals surface area (Å²) >= 11 is 0. The Kier molecular flexibility index (Phi) is 3.33. The topological polar surface area (TPSA) is 68.2 Å². The first kappa shape index (κ1) is 12.0. The van der Waals surface area contributed by atoms with Gasteiger partial charge in [0.15, 0.2) is 5.82 Å². The highest BCUT2D eigenvalue weighted by atomic mass is 16.5. The molecule has 1 amide bonds. The molecule has 0 atom stereocenters. The van der Waals surface area contributed by atoms with E-state index in [1.165, 1.54) is 0 Å². The highest BCUT2D eigenvalue weighted by molar-refractivity contribution is 5.79. The maximum atomic E-state index is 12.1. The molecule has 1 aromatic carbocycles. The summed E-state index contributed by atoms with van der Waals surface area (Å²) in [6.07, 6.45) is 0.192. The molecular formula is C13H14N4O2. The fourth-order valence-electron chi connectivity index (χ4n) is 2.05. The average Bonchev–Trinajstić information content (AvgIpc) is 2.48. The zero-order valence-corrected chi connectivity index (χ0v) is 10.5. The number of aromatic nitrogens is 3. The van der Waals surface area contributed by atoms with Gasteiger partial charge in [-0.2, -0.15) is 0 Å². The number of rotatable bonds is 2. The third-order valence-corrected chi connectivity index (χ3v) is 3.08. The first-order valence-electron chi connectivity index (χ1n) is 6.27.